The lowest BCUT2D eigenvalue weighted by Gasteiger charge is -2.62. The Morgan fingerprint density at radius 1 is 0.330 bits per heavy atom. The molecule has 10 nitrogen and oxygen atoms in total. The third-order valence-electron chi connectivity index (χ3n) is 26.1. The third-order valence-corrected chi connectivity index (χ3v) is 26.1. The molecule has 6 atom stereocenters. The maximum Gasteiger partial charge on any atom is 0.312 e. The van der Waals surface area contributed by atoms with Crippen molar-refractivity contribution in [1.29, 1.82) is 0 Å². The van der Waals surface area contributed by atoms with E-state index in [0.29, 0.717) is 41.4 Å². The minimum atomic E-state index is -0.356. The zero-order valence-corrected chi connectivity index (χ0v) is 63.6. The summed E-state index contributed by atoms with van der Waals surface area (Å²) < 4.78 is 30.1. The zero-order chi connectivity index (χ0) is 68.4. The smallest absolute Gasteiger partial charge is 0.312 e. The maximum atomic E-state index is 12.8. The van der Waals surface area contributed by atoms with Gasteiger partial charge < -0.3 is 23.7 Å². The van der Waals surface area contributed by atoms with Gasteiger partial charge in [-0.1, -0.05) is 203 Å². The number of carbonyl (C=O) groups excluding carboxylic acids is 5. The quantitative estimate of drug-likeness (QED) is 0.0857. The molecule has 9 aliphatic carbocycles. The Labute approximate surface area is 628 Å². The van der Waals surface area contributed by atoms with Crippen molar-refractivity contribution in [2.75, 3.05) is 0 Å². The zero-order valence-electron chi connectivity index (χ0n) is 63.6. The van der Waals surface area contributed by atoms with Gasteiger partial charge in [-0.15, -0.1) is 0 Å². The molecule has 0 radical (unpaired) electrons. The van der Waals surface area contributed by atoms with Gasteiger partial charge in [0.25, 0.3) is 0 Å². The topological polar surface area (TPSA) is 132 Å². The van der Waals surface area contributed by atoms with Crippen molar-refractivity contribution in [2.45, 2.75) is 456 Å². The van der Waals surface area contributed by atoms with Gasteiger partial charge in [0, 0.05) is 0 Å². The van der Waals surface area contributed by atoms with Crippen molar-refractivity contribution in [1.82, 2.24) is 0 Å². The fourth-order valence-corrected chi connectivity index (χ4v) is 16.4. The molecule has 0 aromatic carbocycles. The Hall–Kier alpha value is -2.65. The van der Waals surface area contributed by atoms with E-state index in [1.807, 2.05) is 104 Å². The van der Waals surface area contributed by atoms with Gasteiger partial charge in [-0.25, -0.2) is 0 Å². The summed E-state index contributed by atoms with van der Waals surface area (Å²) in [4.78, 5) is 61.7. The molecule has 0 heterocycles. The number of ether oxygens (including phenoxy) is 5. The van der Waals surface area contributed by atoms with Gasteiger partial charge in [0.1, 0.15) is 28.0 Å². The van der Waals surface area contributed by atoms with E-state index in [0.717, 1.165) is 100 Å². The lowest BCUT2D eigenvalue weighted by Crippen LogP contribution is -2.63. The molecule has 0 N–H and O–H groups in total. The highest BCUT2D eigenvalue weighted by atomic mass is 16.6. The highest BCUT2D eigenvalue weighted by Crippen LogP contribution is 2.62. The van der Waals surface area contributed by atoms with Gasteiger partial charge >= 0.3 is 29.8 Å². The number of rotatable bonds is 20. The first kappa shape index (κ1) is 111. The first-order chi connectivity index (χ1) is 41.5. The maximum absolute atomic E-state index is 12.8. The highest BCUT2D eigenvalue weighted by Gasteiger charge is 2.62. The number of hydrogen-bond acceptors (Lipinski definition) is 10. The van der Waals surface area contributed by atoms with Gasteiger partial charge in [-0.3, -0.25) is 24.0 Å². The molecule has 9 aliphatic rings. The van der Waals surface area contributed by atoms with E-state index in [1.54, 1.807) is 0 Å². The lowest BCUT2D eigenvalue weighted by atomic mass is 9.47. The molecule has 9 rings (SSSR count). The van der Waals surface area contributed by atoms with Crippen LogP contribution in [0.4, 0.5) is 0 Å². The summed E-state index contributed by atoms with van der Waals surface area (Å²) in [5.74, 6) is 7.78. The fourth-order valence-electron chi connectivity index (χ4n) is 16.4. The van der Waals surface area contributed by atoms with Crippen molar-refractivity contribution in [3.8, 4) is 0 Å². The van der Waals surface area contributed by atoms with Gasteiger partial charge in [-0.05, 0) is 295 Å². The average Bonchev–Trinajstić information content (AvgIpc) is 0.884. The highest BCUT2D eigenvalue weighted by molar-refractivity contribution is 5.78. The van der Waals surface area contributed by atoms with E-state index in [9.17, 15) is 24.0 Å². The molecule has 6 bridgehead atoms. The van der Waals surface area contributed by atoms with Crippen LogP contribution in [0.15, 0.2) is 0 Å². The van der Waals surface area contributed by atoms with Crippen LogP contribution in [0.25, 0.3) is 0 Å². The largest absolute Gasteiger partial charge is 0.459 e. The van der Waals surface area contributed by atoms with Crippen LogP contribution in [0.1, 0.15) is 428 Å². The van der Waals surface area contributed by atoms with E-state index in [4.69, 9.17) is 23.7 Å². The molecular weight excluding hydrogens is 1240 g/mol. The Balaban J connectivity index is -0.000000213. The second-order valence-electron chi connectivity index (χ2n) is 35.8. The first-order valence-electron chi connectivity index (χ1n) is 37.7. The van der Waals surface area contributed by atoms with Gasteiger partial charge in [0.2, 0.25) is 0 Å². The summed E-state index contributed by atoms with van der Waals surface area (Å²) in [5, 5.41) is 0. The fraction of sp³-hybridized carbons (Fsp3) is 0.944. The normalized spacial score (nSPS) is 27.3. The summed E-state index contributed by atoms with van der Waals surface area (Å²) in [6, 6.07) is 0. The van der Waals surface area contributed by atoms with E-state index in [-0.39, 0.29) is 159 Å². The predicted octanol–water partition coefficient (Wildman–Crippen LogP) is 28.2. The van der Waals surface area contributed by atoms with Crippen molar-refractivity contribution in [3.05, 3.63) is 0 Å². The van der Waals surface area contributed by atoms with Crippen LogP contribution in [0.2, 0.25) is 0 Å². The molecule has 0 aromatic rings. The molecule has 9 fully saturated rings. The molecule has 0 spiro atoms. The molecule has 0 saturated heterocycles. The van der Waals surface area contributed by atoms with Crippen molar-refractivity contribution in [2.24, 2.45) is 98.1 Å². The molecule has 0 aliphatic heterocycles. The molecule has 100 heavy (non-hydrogen) atoms. The van der Waals surface area contributed by atoms with Crippen molar-refractivity contribution >= 4 is 29.8 Å². The summed E-state index contributed by atoms with van der Waals surface area (Å²) in [6.45, 7) is 53.8. The van der Waals surface area contributed by atoms with E-state index < -0.39 is 0 Å². The Kier molecular flexibility index (Phi) is 49.2. The van der Waals surface area contributed by atoms with Gasteiger partial charge in [-0.2, -0.15) is 0 Å². The number of esters is 5. The molecule has 9 saturated carbocycles. The van der Waals surface area contributed by atoms with Crippen LogP contribution in [0, 0.1) is 98.1 Å². The molecular formula is C90H184O10. The second-order valence-corrected chi connectivity index (χ2v) is 35.8. The standard InChI is InChI=1S/C19H32O2.C19H34O2.C16H28O2.C15H28O2.C11H22O2.10CH4/c1-6-18(4,5)17(20)21-19(12(2)3)15-8-13-7-14(10-15)11-16(19)9-13;1-6-18(4,5)17(20)21-19(14(2)3)12-11-15-9-7-8-10-16(15)13-19;1-6-15(4,5)14(17)18-16(11(2)3)10-12-7-8-13(16)9-12;1-6-14(4,5)13(16)17-15(12(2)3)10-8-7-9-11-15;1-7-10(3,4)9(12)13-11(5,6)8-2;;;;;;;;;;/h12-16H,6-11H2,1-5H3;14-16H,6-13H2,1-5H3;11-13H,6-10H2,1-5H3;12H,6-11H2,1-5H3;7-8H2,1-6H3;10*1H4. The third kappa shape index (κ3) is 26.7. The molecule has 604 valence electrons. The molecule has 0 amide bonds. The van der Waals surface area contributed by atoms with Crippen LogP contribution >= 0.6 is 0 Å². The molecule has 6 unspecified atom stereocenters. The first-order valence-corrected chi connectivity index (χ1v) is 37.7. The number of hydrogen-bond donors (Lipinski definition) is 0. The molecule has 10 heteroatoms. The summed E-state index contributed by atoms with van der Waals surface area (Å²) in [5.41, 5.74) is -2.81. The SMILES string of the molecule is C.C.C.C.C.C.C.C.C.C.CCC(C)(C)C(=O)OC1(C(C)C)C2CC3CC(C2)CC1C3.CCC(C)(C)C(=O)OC1(C(C)C)CC2CCC1C2.CCC(C)(C)C(=O)OC1(C(C)C)CCC2CCCCC2C1.CCC(C)(C)C(=O)OC1(C(C)C)CCCCC1.CCC(C)(C)OC(=O)C(C)(C)CC. The predicted molar refractivity (Wildman–Crippen MR) is 438 cm³/mol. The van der Waals surface area contributed by atoms with Crippen LogP contribution in [0.3, 0.4) is 0 Å². The minimum absolute atomic E-state index is 0. The van der Waals surface area contributed by atoms with E-state index in [2.05, 4.69) is 76.2 Å². The van der Waals surface area contributed by atoms with Crippen LogP contribution < -0.4 is 0 Å². The average molecular weight is 1430 g/mol. The van der Waals surface area contributed by atoms with Crippen molar-refractivity contribution in [3.63, 3.8) is 0 Å². The van der Waals surface area contributed by atoms with E-state index in [1.165, 1.54) is 103 Å². The van der Waals surface area contributed by atoms with Crippen LogP contribution in [0.5, 0.6) is 0 Å². The number of carbonyl (C=O) groups is 5. The summed E-state index contributed by atoms with van der Waals surface area (Å²) >= 11 is 0. The monoisotopic (exact) mass is 1430 g/mol. The number of fused-ring (bicyclic) bond motifs is 3. The van der Waals surface area contributed by atoms with Crippen LogP contribution in [-0.2, 0) is 47.7 Å². The summed E-state index contributed by atoms with van der Waals surface area (Å²) in [6.07, 6.45) is 31.3. The Morgan fingerprint density at radius 2 is 0.690 bits per heavy atom. The Morgan fingerprint density at radius 3 is 1.03 bits per heavy atom. The lowest BCUT2D eigenvalue weighted by molar-refractivity contribution is -0.231. The van der Waals surface area contributed by atoms with Gasteiger partial charge in [0.05, 0.1) is 27.1 Å². The Bertz CT molecular complexity index is 2260. The minimum Gasteiger partial charge on any atom is -0.459 e. The summed E-state index contributed by atoms with van der Waals surface area (Å²) in [7, 11) is 0. The van der Waals surface area contributed by atoms with Crippen LogP contribution in [-0.4, -0.2) is 57.9 Å². The molecule has 0 aromatic heterocycles. The van der Waals surface area contributed by atoms with Crippen molar-refractivity contribution < 1.29 is 47.7 Å². The second kappa shape index (κ2) is 44.5. The van der Waals surface area contributed by atoms with E-state index >= 15 is 0 Å². The van der Waals surface area contributed by atoms with Gasteiger partial charge in [0.15, 0.2) is 0 Å².